The van der Waals surface area contributed by atoms with Crippen LogP contribution in [0.1, 0.15) is 20.7 Å². The smallest absolute Gasteiger partial charge is 0.261 e. The van der Waals surface area contributed by atoms with Crippen LogP contribution in [-0.2, 0) is 0 Å². The van der Waals surface area contributed by atoms with Crippen LogP contribution in [0.2, 0.25) is 0 Å². The van der Waals surface area contributed by atoms with E-state index in [1.807, 2.05) is 0 Å². The van der Waals surface area contributed by atoms with Crippen LogP contribution in [0, 0.1) is 0 Å². The standard InChI is InChI=1S/C10H7BrClNO2/c11-6-1-2-7-8(5-6)10(15)13(4-3-12)9(7)14/h1-2,5H,3-4H2. The second-order valence-electron chi connectivity index (χ2n) is 3.14. The maximum absolute atomic E-state index is 11.8. The van der Waals surface area contributed by atoms with Crippen molar-refractivity contribution in [3.8, 4) is 0 Å². The van der Waals surface area contributed by atoms with Crippen LogP contribution in [0.5, 0.6) is 0 Å². The second-order valence-corrected chi connectivity index (χ2v) is 4.43. The molecule has 0 fully saturated rings. The van der Waals surface area contributed by atoms with Gasteiger partial charge in [0.15, 0.2) is 0 Å². The molecule has 1 aromatic rings. The van der Waals surface area contributed by atoms with E-state index >= 15 is 0 Å². The lowest BCUT2D eigenvalue weighted by Gasteiger charge is -2.10. The van der Waals surface area contributed by atoms with Gasteiger partial charge in [0, 0.05) is 16.9 Å². The first kappa shape index (κ1) is 10.6. The lowest BCUT2D eigenvalue weighted by atomic mass is 10.1. The molecule has 2 amide bonds. The first-order valence-corrected chi connectivity index (χ1v) is 5.69. The normalized spacial score (nSPS) is 14.7. The molecule has 15 heavy (non-hydrogen) atoms. The molecule has 0 aromatic heterocycles. The van der Waals surface area contributed by atoms with E-state index < -0.39 is 0 Å². The fourth-order valence-corrected chi connectivity index (χ4v) is 2.08. The summed E-state index contributed by atoms with van der Waals surface area (Å²) >= 11 is 8.79. The highest BCUT2D eigenvalue weighted by Gasteiger charge is 2.34. The summed E-state index contributed by atoms with van der Waals surface area (Å²) in [6.07, 6.45) is 0. The van der Waals surface area contributed by atoms with Crippen LogP contribution in [0.15, 0.2) is 22.7 Å². The molecular weight excluding hydrogens is 281 g/mol. The van der Waals surface area contributed by atoms with E-state index in [0.717, 1.165) is 4.47 Å². The Morgan fingerprint density at radius 2 is 1.87 bits per heavy atom. The van der Waals surface area contributed by atoms with Crippen molar-refractivity contribution in [3.05, 3.63) is 33.8 Å². The predicted octanol–water partition coefficient (Wildman–Crippen LogP) is 2.28. The van der Waals surface area contributed by atoms with E-state index in [9.17, 15) is 9.59 Å². The first-order chi connectivity index (χ1) is 7.15. The summed E-state index contributed by atoms with van der Waals surface area (Å²) in [5, 5.41) is 0. The van der Waals surface area contributed by atoms with Gasteiger partial charge in [0.1, 0.15) is 0 Å². The molecule has 0 aliphatic carbocycles. The van der Waals surface area contributed by atoms with Crippen LogP contribution in [0.25, 0.3) is 0 Å². The largest absolute Gasteiger partial charge is 0.273 e. The predicted molar refractivity (Wildman–Crippen MR) is 60.2 cm³/mol. The molecular formula is C10H7BrClNO2. The highest BCUT2D eigenvalue weighted by Crippen LogP contribution is 2.25. The van der Waals surface area contributed by atoms with Gasteiger partial charge in [-0.2, -0.15) is 0 Å². The van der Waals surface area contributed by atoms with Crippen molar-refractivity contribution in [1.29, 1.82) is 0 Å². The van der Waals surface area contributed by atoms with Gasteiger partial charge >= 0.3 is 0 Å². The molecule has 1 aliphatic rings. The molecule has 5 heteroatoms. The number of imide groups is 1. The molecule has 0 N–H and O–H groups in total. The summed E-state index contributed by atoms with van der Waals surface area (Å²) in [6.45, 7) is 0.255. The Labute approximate surface area is 100 Å². The van der Waals surface area contributed by atoms with Gasteiger partial charge in [-0.3, -0.25) is 14.5 Å². The van der Waals surface area contributed by atoms with Gasteiger partial charge in [-0.25, -0.2) is 0 Å². The third kappa shape index (κ3) is 1.68. The fraction of sp³-hybridized carbons (Fsp3) is 0.200. The monoisotopic (exact) mass is 287 g/mol. The summed E-state index contributed by atoms with van der Waals surface area (Å²) in [6, 6.07) is 5.05. The number of fused-ring (bicyclic) bond motifs is 1. The van der Waals surface area contributed by atoms with Crippen molar-refractivity contribution >= 4 is 39.3 Å². The third-order valence-electron chi connectivity index (χ3n) is 2.24. The molecule has 0 spiro atoms. The van der Waals surface area contributed by atoms with Gasteiger partial charge in [0.2, 0.25) is 0 Å². The van der Waals surface area contributed by atoms with Crippen molar-refractivity contribution in [2.24, 2.45) is 0 Å². The van der Waals surface area contributed by atoms with Crippen LogP contribution < -0.4 is 0 Å². The number of alkyl halides is 1. The topological polar surface area (TPSA) is 37.4 Å². The zero-order valence-corrected chi connectivity index (χ0v) is 10.0. The Morgan fingerprint density at radius 1 is 1.20 bits per heavy atom. The zero-order valence-electron chi connectivity index (χ0n) is 7.67. The molecule has 0 radical (unpaired) electrons. The Bertz CT molecular complexity index is 447. The lowest BCUT2D eigenvalue weighted by molar-refractivity contribution is 0.0664. The molecule has 78 valence electrons. The summed E-state index contributed by atoms with van der Waals surface area (Å²) in [5.41, 5.74) is 0.896. The first-order valence-electron chi connectivity index (χ1n) is 4.37. The van der Waals surface area contributed by atoms with E-state index in [2.05, 4.69) is 15.9 Å². The Kier molecular flexibility index (Phi) is 2.80. The minimum atomic E-state index is -0.267. The van der Waals surface area contributed by atoms with Gasteiger partial charge < -0.3 is 0 Å². The van der Waals surface area contributed by atoms with E-state index in [1.165, 1.54) is 4.90 Å². The molecule has 0 atom stereocenters. The zero-order chi connectivity index (χ0) is 11.0. The number of benzene rings is 1. The van der Waals surface area contributed by atoms with Crippen LogP contribution in [0.3, 0.4) is 0 Å². The van der Waals surface area contributed by atoms with Gasteiger partial charge in [-0.1, -0.05) is 15.9 Å². The number of halogens is 2. The molecule has 1 aliphatic heterocycles. The molecule has 3 nitrogen and oxygen atoms in total. The van der Waals surface area contributed by atoms with Crippen molar-refractivity contribution < 1.29 is 9.59 Å². The minimum absolute atomic E-state index is 0.255. The molecule has 0 unspecified atom stereocenters. The van der Waals surface area contributed by atoms with Gasteiger partial charge in [-0.15, -0.1) is 11.6 Å². The Hall–Kier alpha value is -0.870. The van der Waals surface area contributed by atoms with E-state index in [0.29, 0.717) is 11.1 Å². The van der Waals surface area contributed by atoms with Crippen molar-refractivity contribution in [2.45, 2.75) is 0 Å². The van der Waals surface area contributed by atoms with Crippen molar-refractivity contribution in [2.75, 3.05) is 12.4 Å². The van der Waals surface area contributed by atoms with Crippen molar-refractivity contribution in [1.82, 2.24) is 4.90 Å². The number of carbonyl (C=O) groups is 2. The highest BCUT2D eigenvalue weighted by atomic mass is 79.9. The van der Waals surface area contributed by atoms with Crippen LogP contribution in [-0.4, -0.2) is 29.1 Å². The quantitative estimate of drug-likeness (QED) is 0.618. The van der Waals surface area contributed by atoms with Gasteiger partial charge in [0.05, 0.1) is 11.1 Å². The molecule has 2 rings (SSSR count). The number of rotatable bonds is 2. The maximum Gasteiger partial charge on any atom is 0.261 e. The average molecular weight is 289 g/mol. The summed E-state index contributed by atoms with van der Waals surface area (Å²) < 4.78 is 0.787. The second kappa shape index (κ2) is 3.94. The minimum Gasteiger partial charge on any atom is -0.273 e. The Morgan fingerprint density at radius 3 is 2.53 bits per heavy atom. The highest BCUT2D eigenvalue weighted by molar-refractivity contribution is 9.10. The van der Waals surface area contributed by atoms with Crippen LogP contribution in [0.4, 0.5) is 0 Å². The average Bonchev–Trinajstić information content (AvgIpc) is 2.44. The maximum atomic E-state index is 11.8. The fourth-order valence-electron chi connectivity index (χ4n) is 1.55. The third-order valence-corrected chi connectivity index (χ3v) is 2.90. The lowest BCUT2D eigenvalue weighted by Crippen LogP contribution is -2.31. The Balaban J connectivity index is 2.46. The van der Waals surface area contributed by atoms with E-state index in [1.54, 1.807) is 18.2 Å². The molecule has 0 saturated heterocycles. The van der Waals surface area contributed by atoms with Crippen molar-refractivity contribution in [3.63, 3.8) is 0 Å². The SMILES string of the molecule is O=C1c2ccc(Br)cc2C(=O)N1CCCl. The van der Waals surface area contributed by atoms with Crippen LogP contribution >= 0.6 is 27.5 Å². The number of amides is 2. The number of carbonyl (C=O) groups excluding carboxylic acids is 2. The number of hydrogen-bond donors (Lipinski definition) is 0. The molecule has 0 saturated carbocycles. The molecule has 0 bridgehead atoms. The molecule has 1 heterocycles. The number of nitrogens with zero attached hydrogens (tertiary/aromatic N) is 1. The van der Waals surface area contributed by atoms with Gasteiger partial charge in [-0.05, 0) is 18.2 Å². The summed E-state index contributed by atoms with van der Waals surface area (Å²) in [5.74, 6) is -0.271. The number of hydrogen-bond acceptors (Lipinski definition) is 2. The summed E-state index contributed by atoms with van der Waals surface area (Å²) in [7, 11) is 0. The van der Waals surface area contributed by atoms with E-state index in [-0.39, 0.29) is 24.2 Å². The van der Waals surface area contributed by atoms with E-state index in [4.69, 9.17) is 11.6 Å². The summed E-state index contributed by atoms with van der Waals surface area (Å²) in [4.78, 5) is 24.7. The van der Waals surface area contributed by atoms with Gasteiger partial charge in [0.25, 0.3) is 11.8 Å². The molecule has 1 aromatic carbocycles.